The number of rotatable bonds is 6. The maximum absolute atomic E-state index is 12.9. The van der Waals surface area contributed by atoms with E-state index in [1.807, 2.05) is 26.0 Å². The van der Waals surface area contributed by atoms with Gasteiger partial charge in [0.2, 0.25) is 5.88 Å². The first-order chi connectivity index (χ1) is 13.9. The number of ether oxygens (including phenoxy) is 2. The first-order valence-electron chi connectivity index (χ1n) is 9.86. The third-order valence-corrected chi connectivity index (χ3v) is 5.65. The van der Waals surface area contributed by atoms with Gasteiger partial charge in [0.05, 0.1) is 36.7 Å². The van der Waals surface area contributed by atoms with E-state index in [1.165, 1.54) is 0 Å². The average Bonchev–Trinajstić information content (AvgIpc) is 3.55. The van der Waals surface area contributed by atoms with Crippen molar-refractivity contribution in [2.45, 2.75) is 46.3 Å². The Labute approximate surface area is 169 Å². The van der Waals surface area contributed by atoms with Gasteiger partial charge >= 0.3 is 0 Å². The second kappa shape index (κ2) is 7.55. The molecule has 1 aliphatic rings. The molecular formula is C22H26N4O3. The van der Waals surface area contributed by atoms with E-state index >= 15 is 0 Å². The Balaban J connectivity index is 1.92. The molecule has 29 heavy (non-hydrogen) atoms. The van der Waals surface area contributed by atoms with E-state index < -0.39 is 0 Å². The zero-order chi connectivity index (χ0) is 20.7. The highest BCUT2D eigenvalue weighted by Crippen LogP contribution is 2.35. The summed E-state index contributed by atoms with van der Waals surface area (Å²) in [6, 6.07) is 3.86. The molecule has 1 saturated carbocycles. The summed E-state index contributed by atoms with van der Waals surface area (Å²) in [6.45, 7) is 6.14. The summed E-state index contributed by atoms with van der Waals surface area (Å²) in [4.78, 5) is 26.7. The van der Waals surface area contributed by atoms with Gasteiger partial charge in [0.1, 0.15) is 11.2 Å². The molecular weight excluding hydrogens is 368 g/mol. The number of fused-ring (bicyclic) bond motifs is 1. The fourth-order valence-corrected chi connectivity index (χ4v) is 3.86. The van der Waals surface area contributed by atoms with E-state index in [2.05, 4.69) is 15.0 Å². The zero-order valence-electron chi connectivity index (χ0n) is 17.5. The first kappa shape index (κ1) is 19.5. The highest BCUT2D eigenvalue weighted by atomic mass is 16.5. The third-order valence-electron chi connectivity index (χ3n) is 5.65. The van der Waals surface area contributed by atoms with Crippen molar-refractivity contribution in [1.29, 1.82) is 0 Å². The predicted octanol–water partition coefficient (Wildman–Crippen LogP) is 3.21. The molecule has 1 aliphatic carbocycles. The minimum Gasteiger partial charge on any atom is -0.481 e. The Morgan fingerprint density at radius 1 is 1.17 bits per heavy atom. The van der Waals surface area contributed by atoms with Crippen LogP contribution in [0.4, 0.5) is 0 Å². The van der Waals surface area contributed by atoms with Crippen molar-refractivity contribution < 1.29 is 9.47 Å². The SMILES string of the molecule is COc1nc(C)c(-c2nccc3c2nc(C)c(=O)n3CC(OC)C2CC2)cc1C. The molecule has 0 radical (unpaired) electrons. The number of hydrogen-bond acceptors (Lipinski definition) is 6. The minimum atomic E-state index is -0.0851. The van der Waals surface area contributed by atoms with Crippen LogP contribution in [0.15, 0.2) is 23.1 Å². The van der Waals surface area contributed by atoms with Gasteiger partial charge in [-0.2, -0.15) is 0 Å². The van der Waals surface area contributed by atoms with Crippen LogP contribution < -0.4 is 10.3 Å². The molecule has 152 valence electrons. The molecule has 0 bridgehead atoms. The zero-order valence-corrected chi connectivity index (χ0v) is 17.5. The molecule has 0 aromatic carbocycles. The molecule has 0 saturated heterocycles. The Morgan fingerprint density at radius 3 is 2.59 bits per heavy atom. The van der Waals surface area contributed by atoms with Crippen molar-refractivity contribution in [3.05, 3.63) is 45.6 Å². The molecule has 0 N–H and O–H groups in total. The van der Waals surface area contributed by atoms with Gasteiger partial charge in [0.15, 0.2) is 0 Å². The highest BCUT2D eigenvalue weighted by Gasteiger charge is 2.32. The summed E-state index contributed by atoms with van der Waals surface area (Å²) in [5, 5.41) is 0. The van der Waals surface area contributed by atoms with E-state index in [4.69, 9.17) is 9.47 Å². The number of aryl methyl sites for hydroxylation is 3. The molecule has 3 heterocycles. The number of nitrogens with zero attached hydrogens (tertiary/aromatic N) is 4. The van der Waals surface area contributed by atoms with Crippen molar-refractivity contribution in [3.8, 4) is 17.1 Å². The van der Waals surface area contributed by atoms with Gasteiger partial charge in [-0.05, 0) is 51.7 Å². The second-order valence-electron chi connectivity index (χ2n) is 7.70. The van der Waals surface area contributed by atoms with Crippen LogP contribution in [0.1, 0.15) is 29.8 Å². The lowest BCUT2D eigenvalue weighted by Gasteiger charge is -2.19. The Kier molecular flexibility index (Phi) is 5.08. The van der Waals surface area contributed by atoms with Crippen LogP contribution in [0.25, 0.3) is 22.3 Å². The molecule has 3 aromatic heterocycles. The fraction of sp³-hybridized carbons (Fsp3) is 0.455. The van der Waals surface area contributed by atoms with Crippen LogP contribution in [0.5, 0.6) is 5.88 Å². The van der Waals surface area contributed by atoms with Crippen LogP contribution in [0, 0.1) is 26.7 Å². The van der Waals surface area contributed by atoms with Crippen LogP contribution in [0.3, 0.4) is 0 Å². The summed E-state index contributed by atoms with van der Waals surface area (Å²) in [5.74, 6) is 1.12. The summed E-state index contributed by atoms with van der Waals surface area (Å²) < 4.78 is 12.8. The Bertz CT molecular complexity index is 1140. The van der Waals surface area contributed by atoms with E-state index in [1.54, 1.807) is 31.9 Å². The first-order valence-corrected chi connectivity index (χ1v) is 9.86. The van der Waals surface area contributed by atoms with Crippen LogP contribution >= 0.6 is 0 Å². The maximum atomic E-state index is 12.9. The largest absolute Gasteiger partial charge is 0.481 e. The van der Waals surface area contributed by atoms with Gasteiger partial charge in [-0.25, -0.2) is 9.97 Å². The van der Waals surface area contributed by atoms with E-state index in [0.29, 0.717) is 29.6 Å². The van der Waals surface area contributed by atoms with Gasteiger partial charge in [0, 0.05) is 24.4 Å². The van der Waals surface area contributed by atoms with Crippen molar-refractivity contribution in [2.24, 2.45) is 5.92 Å². The number of aromatic nitrogens is 4. The number of pyridine rings is 2. The summed E-state index contributed by atoms with van der Waals surface area (Å²) >= 11 is 0. The van der Waals surface area contributed by atoms with Crippen molar-refractivity contribution in [3.63, 3.8) is 0 Å². The van der Waals surface area contributed by atoms with Gasteiger partial charge in [-0.15, -0.1) is 0 Å². The normalized spacial score (nSPS) is 14.9. The minimum absolute atomic E-state index is 0.0287. The Hall–Kier alpha value is -2.80. The van der Waals surface area contributed by atoms with Gasteiger partial charge in [-0.1, -0.05) is 0 Å². The number of methoxy groups -OCH3 is 2. The lowest BCUT2D eigenvalue weighted by molar-refractivity contribution is 0.0700. The topological polar surface area (TPSA) is 79.1 Å². The van der Waals surface area contributed by atoms with Gasteiger partial charge in [-0.3, -0.25) is 9.78 Å². The maximum Gasteiger partial charge on any atom is 0.272 e. The smallest absolute Gasteiger partial charge is 0.272 e. The Morgan fingerprint density at radius 2 is 1.93 bits per heavy atom. The monoisotopic (exact) mass is 394 g/mol. The van der Waals surface area contributed by atoms with Crippen LogP contribution in [-0.4, -0.2) is 39.8 Å². The highest BCUT2D eigenvalue weighted by molar-refractivity contribution is 5.90. The van der Waals surface area contributed by atoms with Crippen molar-refractivity contribution in [2.75, 3.05) is 14.2 Å². The van der Waals surface area contributed by atoms with Gasteiger partial charge in [0.25, 0.3) is 5.56 Å². The molecule has 0 spiro atoms. The fourth-order valence-electron chi connectivity index (χ4n) is 3.86. The van der Waals surface area contributed by atoms with Crippen LogP contribution in [-0.2, 0) is 11.3 Å². The van der Waals surface area contributed by atoms with Crippen LogP contribution in [0.2, 0.25) is 0 Å². The summed E-state index contributed by atoms with van der Waals surface area (Å²) in [6.07, 6.45) is 4.06. The van der Waals surface area contributed by atoms with Crippen molar-refractivity contribution in [1.82, 2.24) is 19.5 Å². The molecule has 7 heteroatoms. The second-order valence-corrected chi connectivity index (χ2v) is 7.70. The molecule has 1 fully saturated rings. The lowest BCUT2D eigenvalue weighted by atomic mass is 10.1. The summed E-state index contributed by atoms with van der Waals surface area (Å²) in [5.41, 5.74) is 5.16. The number of hydrogen-bond donors (Lipinski definition) is 0. The molecule has 0 aliphatic heterocycles. The standard InChI is InChI=1S/C22H26N4O3/c1-12-10-16(13(2)25-21(12)29-5)19-20-17(8-9-23-19)26(22(27)14(3)24-20)11-18(28-4)15-6-7-15/h8-10,15,18H,6-7,11H2,1-5H3. The van der Waals surface area contributed by atoms with Crippen molar-refractivity contribution >= 4 is 11.0 Å². The van der Waals surface area contributed by atoms with E-state index in [-0.39, 0.29) is 11.7 Å². The quantitative estimate of drug-likeness (QED) is 0.639. The molecule has 1 unspecified atom stereocenters. The van der Waals surface area contributed by atoms with Gasteiger partial charge < -0.3 is 14.0 Å². The molecule has 1 atom stereocenters. The predicted molar refractivity (Wildman–Crippen MR) is 111 cm³/mol. The molecule has 0 amide bonds. The van der Waals surface area contributed by atoms with E-state index in [0.717, 1.165) is 40.9 Å². The summed E-state index contributed by atoms with van der Waals surface area (Å²) in [7, 11) is 3.33. The lowest BCUT2D eigenvalue weighted by Crippen LogP contribution is -2.31. The molecule has 4 rings (SSSR count). The third kappa shape index (κ3) is 3.51. The van der Waals surface area contributed by atoms with E-state index in [9.17, 15) is 4.79 Å². The molecule has 3 aromatic rings. The average molecular weight is 394 g/mol. The molecule has 7 nitrogen and oxygen atoms in total.